The molecule has 4 nitrogen and oxygen atoms in total. The first kappa shape index (κ1) is 16.3. The number of piperidine rings is 1. The van der Waals surface area contributed by atoms with Crippen LogP contribution >= 0.6 is 15.9 Å². The molecule has 0 atom stereocenters. The number of rotatable bonds is 6. The van der Waals surface area contributed by atoms with Gasteiger partial charge in [-0.1, -0.05) is 15.9 Å². The molecule has 21 heavy (non-hydrogen) atoms. The summed E-state index contributed by atoms with van der Waals surface area (Å²) >= 11 is 3.50. The standard InChI is InChI=1S/C16H23BrN2O2/c1-21-14-3-4-15(17)13(10-14)11-19-16(20)5-2-12-6-8-18-9-7-12/h3-4,10,12,18H,2,5-9,11H2,1H3,(H,19,20). The van der Waals surface area contributed by atoms with Crippen LogP contribution < -0.4 is 15.4 Å². The molecule has 0 aromatic heterocycles. The number of benzene rings is 1. The average molecular weight is 355 g/mol. The van der Waals surface area contributed by atoms with Crippen molar-refractivity contribution in [3.63, 3.8) is 0 Å². The zero-order chi connectivity index (χ0) is 15.1. The summed E-state index contributed by atoms with van der Waals surface area (Å²) in [5.41, 5.74) is 1.03. The fourth-order valence-corrected chi connectivity index (χ4v) is 2.99. The van der Waals surface area contributed by atoms with Crippen molar-refractivity contribution < 1.29 is 9.53 Å². The van der Waals surface area contributed by atoms with Crippen LogP contribution in [0.15, 0.2) is 22.7 Å². The molecule has 5 heteroatoms. The summed E-state index contributed by atoms with van der Waals surface area (Å²) in [4.78, 5) is 12.0. The molecular formula is C16H23BrN2O2. The number of hydrogen-bond donors (Lipinski definition) is 2. The highest BCUT2D eigenvalue weighted by molar-refractivity contribution is 9.10. The third kappa shape index (κ3) is 5.32. The number of ether oxygens (including phenoxy) is 1. The van der Waals surface area contributed by atoms with Crippen LogP contribution in [0.2, 0.25) is 0 Å². The highest BCUT2D eigenvalue weighted by Gasteiger charge is 2.14. The molecule has 116 valence electrons. The van der Waals surface area contributed by atoms with Gasteiger partial charge in [-0.05, 0) is 62.0 Å². The van der Waals surface area contributed by atoms with E-state index >= 15 is 0 Å². The maximum absolute atomic E-state index is 12.0. The van der Waals surface area contributed by atoms with Gasteiger partial charge in [0.25, 0.3) is 0 Å². The van der Waals surface area contributed by atoms with Crippen molar-refractivity contribution in [1.29, 1.82) is 0 Å². The molecule has 0 unspecified atom stereocenters. The van der Waals surface area contributed by atoms with Gasteiger partial charge >= 0.3 is 0 Å². The lowest BCUT2D eigenvalue weighted by molar-refractivity contribution is -0.121. The molecule has 1 heterocycles. The Morgan fingerprint density at radius 1 is 1.43 bits per heavy atom. The zero-order valence-corrected chi connectivity index (χ0v) is 14.0. The highest BCUT2D eigenvalue weighted by atomic mass is 79.9. The third-order valence-corrected chi connectivity index (χ3v) is 4.74. The molecule has 1 aromatic rings. The van der Waals surface area contributed by atoms with Crippen LogP contribution in [0, 0.1) is 5.92 Å². The molecule has 1 aliphatic rings. The van der Waals surface area contributed by atoms with Crippen molar-refractivity contribution in [1.82, 2.24) is 10.6 Å². The first-order chi connectivity index (χ1) is 10.2. The van der Waals surface area contributed by atoms with Crippen LogP contribution in [-0.2, 0) is 11.3 Å². The molecule has 1 fully saturated rings. The van der Waals surface area contributed by atoms with Crippen LogP contribution in [0.4, 0.5) is 0 Å². The summed E-state index contributed by atoms with van der Waals surface area (Å²) in [6, 6.07) is 5.78. The molecule has 1 saturated heterocycles. The Bertz CT molecular complexity index is 473. The Balaban J connectivity index is 1.75. The van der Waals surface area contributed by atoms with Gasteiger partial charge in [0.15, 0.2) is 0 Å². The summed E-state index contributed by atoms with van der Waals surface area (Å²) in [5.74, 6) is 1.63. The first-order valence-electron chi connectivity index (χ1n) is 7.49. The number of amides is 1. The number of carbonyl (C=O) groups excluding carboxylic acids is 1. The molecule has 1 aliphatic heterocycles. The minimum absolute atomic E-state index is 0.128. The molecule has 1 amide bonds. The van der Waals surface area contributed by atoms with Gasteiger partial charge in [0.05, 0.1) is 7.11 Å². The SMILES string of the molecule is COc1ccc(Br)c(CNC(=O)CCC2CCNCC2)c1. The fourth-order valence-electron chi connectivity index (χ4n) is 2.60. The van der Waals surface area contributed by atoms with Crippen molar-refractivity contribution >= 4 is 21.8 Å². The van der Waals surface area contributed by atoms with E-state index in [9.17, 15) is 4.79 Å². The van der Waals surface area contributed by atoms with Crippen molar-refractivity contribution in [3.05, 3.63) is 28.2 Å². The lowest BCUT2D eigenvalue weighted by atomic mass is 9.93. The van der Waals surface area contributed by atoms with Gasteiger partial charge in [-0.15, -0.1) is 0 Å². The summed E-state index contributed by atoms with van der Waals surface area (Å²) in [6.45, 7) is 2.70. The third-order valence-electron chi connectivity index (χ3n) is 3.97. The normalized spacial score (nSPS) is 15.7. The smallest absolute Gasteiger partial charge is 0.220 e. The van der Waals surface area contributed by atoms with Crippen molar-refractivity contribution in [2.45, 2.75) is 32.2 Å². The van der Waals surface area contributed by atoms with Crippen LogP contribution in [0.1, 0.15) is 31.2 Å². The predicted molar refractivity (Wildman–Crippen MR) is 87.4 cm³/mol. The quantitative estimate of drug-likeness (QED) is 0.825. The Morgan fingerprint density at radius 3 is 2.90 bits per heavy atom. The molecule has 0 radical (unpaired) electrons. The number of nitrogens with one attached hydrogen (secondary N) is 2. The van der Waals surface area contributed by atoms with Crippen LogP contribution in [0.3, 0.4) is 0 Å². The minimum Gasteiger partial charge on any atom is -0.497 e. The largest absolute Gasteiger partial charge is 0.497 e. The molecular weight excluding hydrogens is 332 g/mol. The molecule has 1 aromatic carbocycles. The second-order valence-electron chi connectivity index (χ2n) is 5.47. The van der Waals surface area contributed by atoms with Gasteiger partial charge in [0.2, 0.25) is 5.91 Å². The van der Waals surface area contributed by atoms with Crippen molar-refractivity contribution in [2.24, 2.45) is 5.92 Å². The Morgan fingerprint density at radius 2 is 2.19 bits per heavy atom. The highest BCUT2D eigenvalue weighted by Crippen LogP contribution is 2.22. The monoisotopic (exact) mass is 354 g/mol. The molecule has 2 N–H and O–H groups in total. The van der Waals surface area contributed by atoms with E-state index in [1.54, 1.807) is 7.11 Å². The van der Waals surface area contributed by atoms with Gasteiger partial charge in [-0.25, -0.2) is 0 Å². The first-order valence-corrected chi connectivity index (χ1v) is 8.28. The Kier molecular flexibility index (Phi) is 6.51. The second-order valence-corrected chi connectivity index (χ2v) is 6.32. The van der Waals surface area contributed by atoms with E-state index in [1.807, 2.05) is 18.2 Å². The van der Waals surface area contributed by atoms with E-state index in [0.717, 1.165) is 35.3 Å². The number of hydrogen-bond acceptors (Lipinski definition) is 3. The van der Waals surface area contributed by atoms with E-state index in [2.05, 4.69) is 26.6 Å². The summed E-state index contributed by atoms with van der Waals surface area (Å²) < 4.78 is 6.19. The zero-order valence-electron chi connectivity index (χ0n) is 12.5. The maximum Gasteiger partial charge on any atom is 0.220 e. The Hall–Kier alpha value is -1.07. The summed E-state index contributed by atoms with van der Waals surface area (Å²) in [6.07, 6.45) is 3.99. The topological polar surface area (TPSA) is 50.4 Å². The molecule has 0 bridgehead atoms. The lowest BCUT2D eigenvalue weighted by Crippen LogP contribution is -2.29. The predicted octanol–water partition coefficient (Wildman–Crippen LogP) is 2.85. The van der Waals surface area contributed by atoms with Gasteiger partial charge in [-0.2, -0.15) is 0 Å². The second kappa shape index (κ2) is 8.39. The van der Waals surface area contributed by atoms with Crippen LogP contribution in [0.5, 0.6) is 5.75 Å². The fraction of sp³-hybridized carbons (Fsp3) is 0.562. The molecule has 0 saturated carbocycles. The van der Waals surface area contributed by atoms with E-state index in [1.165, 1.54) is 12.8 Å². The average Bonchev–Trinajstić information content (AvgIpc) is 2.53. The van der Waals surface area contributed by atoms with E-state index in [-0.39, 0.29) is 5.91 Å². The number of methoxy groups -OCH3 is 1. The number of halogens is 1. The van der Waals surface area contributed by atoms with Crippen molar-refractivity contribution in [3.8, 4) is 5.75 Å². The molecule has 0 spiro atoms. The van der Waals surface area contributed by atoms with E-state index in [0.29, 0.717) is 18.9 Å². The van der Waals surface area contributed by atoms with Crippen LogP contribution in [-0.4, -0.2) is 26.1 Å². The minimum atomic E-state index is 0.128. The van der Waals surface area contributed by atoms with Crippen molar-refractivity contribution in [2.75, 3.05) is 20.2 Å². The summed E-state index contributed by atoms with van der Waals surface area (Å²) in [7, 11) is 1.64. The van der Waals surface area contributed by atoms with E-state index < -0.39 is 0 Å². The lowest BCUT2D eigenvalue weighted by Gasteiger charge is -2.22. The molecule has 0 aliphatic carbocycles. The Labute approximate surface area is 134 Å². The van der Waals surface area contributed by atoms with Gasteiger partial charge < -0.3 is 15.4 Å². The maximum atomic E-state index is 12.0. The van der Waals surface area contributed by atoms with Gasteiger partial charge in [-0.3, -0.25) is 4.79 Å². The molecule has 2 rings (SSSR count). The van der Waals surface area contributed by atoms with E-state index in [4.69, 9.17) is 4.74 Å². The summed E-state index contributed by atoms with van der Waals surface area (Å²) in [5, 5.41) is 6.34. The van der Waals surface area contributed by atoms with Crippen LogP contribution in [0.25, 0.3) is 0 Å². The van der Waals surface area contributed by atoms with Gasteiger partial charge in [0, 0.05) is 17.4 Å². The number of carbonyl (C=O) groups is 1. The van der Waals surface area contributed by atoms with Gasteiger partial charge in [0.1, 0.15) is 5.75 Å².